The lowest BCUT2D eigenvalue weighted by Gasteiger charge is -2.20. The number of anilines is 1. The highest BCUT2D eigenvalue weighted by Crippen LogP contribution is 2.16. The van der Waals surface area contributed by atoms with Crippen LogP contribution in [0.15, 0.2) is 28.7 Å². The van der Waals surface area contributed by atoms with Gasteiger partial charge in [-0.15, -0.1) is 0 Å². The van der Waals surface area contributed by atoms with E-state index in [0.29, 0.717) is 5.69 Å². The van der Waals surface area contributed by atoms with Crippen molar-refractivity contribution in [2.75, 3.05) is 18.9 Å². The molecule has 0 aliphatic rings. The van der Waals surface area contributed by atoms with Gasteiger partial charge in [-0.1, -0.05) is 28.9 Å². The van der Waals surface area contributed by atoms with Crippen LogP contribution in [0, 0.1) is 5.92 Å². The normalized spacial score (nSPS) is 11.7. The van der Waals surface area contributed by atoms with Crippen LogP contribution in [0.5, 0.6) is 0 Å². The van der Waals surface area contributed by atoms with Gasteiger partial charge in [0.25, 0.3) is 0 Å². The predicted molar refractivity (Wildman–Crippen MR) is 72.6 cm³/mol. The highest BCUT2D eigenvalue weighted by atomic mass is 79.9. The summed E-state index contributed by atoms with van der Waals surface area (Å²) >= 11 is 3.31. The topological polar surface area (TPSA) is 69.6 Å². The number of rotatable bonds is 4. The fraction of sp³-hybridized carbons (Fsp3) is 0.333. The highest BCUT2D eigenvalue weighted by Gasteiger charge is 2.17. The minimum atomic E-state index is -0.919. The Kier molecular flexibility index (Phi) is 5.15. The monoisotopic (exact) mass is 314 g/mol. The van der Waals surface area contributed by atoms with E-state index in [1.54, 1.807) is 32.2 Å². The van der Waals surface area contributed by atoms with Crippen molar-refractivity contribution in [3.8, 4) is 0 Å². The van der Waals surface area contributed by atoms with Gasteiger partial charge in [-0.3, -0.25) is 4.79 Å². The Morgan fingerprint density at radius 3 is 2.72 bits per heavy atom. The first-order valence-corrected chi connectivity index (χ1v) is 6.20. The molecule has 1 rings (SSSR count). The van der Waals surface area contributed by atoms with E-state index in [1.807, 2.05) is 6.07 Å². The highest BCUT2D eigenvalue weighted by molar-refractivity contribution is 9.10. The second-order valence-electron chi connectivity index (χ2n) is 4.06. The van der Waals surface area contributed by atoms with Gasteiger partial charge < -0.3 is 15.3 Å². The first kappa shape index (κ1) is 14.5. The second-order valence-corrected chi connectivity index (χ2v) is 4.98. The summed E-state index contributed by atoms with van der Waals surface area (Å²) in [6.07, 6.45) is 0. The average Bonchev–Trinajstić information content (AvgIpc) is 2.28. The third kappa shape index (κ3) is 4.37. The molecule has 2 amide bonds. The van der Waals surface area contributed by atoms with Crippen LogP contribution in [0.3, 0.4) is 0 Å². The number of urea groups is 1. The van der Waals surface area contributed by atoms with Gasteiger partial charge in [0.1, 0.15) is 0 Å². The zero-order valence-corrected chi connectivity index (χ0v) is 11.8. The van der Waals surface area contributed by atoms with Crippen molar-refractivity contribution in [2.45, 2.75) is 6.92 Å². The van der Waals surface area contributed by atoms with Crippen LogP contribution in [-0.2, 0) is 4.79 Å². The molecule has 0 radical (unpaired) electrons. The molecule has 0 spiro atoms. The fourth-order valence-corrected chi connectivity index (χ4v) is 1.76. The molecule has 1 unspecified atom stereocenters. The number of halogens is 1. The van der Waals surface area contributed by atoms with Gasteiger partial charge >= 0.3 is 12.0 Å². The zero-order valence-electron chi connectivity index (χ0n) is 10.2. The summed E-state index contributed by atoms with van der Waals surface area (Å²) in [5.41, 5.74) is 0.657. The Bertz CT molecular complexity index is 451. The number of nitrogens with zero attached hydrogens (tertiary/aromatic N) is 1. The average molecular weight is 315 g/mol. The van der Waals surface area contributed by atoms with Crippen LogP contribution in [0.4, 0.5) is 10.5 Å². The van der Waals surface area contributed by atoms with E-state index in [2.05, 4.69) is 21.2 Å². The Hall–Kier alpha value is -1.56. The Morgan fingerprint density at radius 2 is 2.17 bits per heavy atom. The maximum absolute atomic E-state index is 11.8. The largest absolute Gasteiger partial charge is 0.481 e. The lowest BCUT2D eigenvalue weighted by molar-refractivity contribution is -0.141. The molecule has 1 aromatic rings. The van der Waals surface area contributed by atoms with E-state index in [0.717, 1.165) is 4.47 Å². The molecule has 0 aliphatic carbocycles. The van der Waals surface area contributed by atoms with Gasteiger partial charge in [0.2, 0.25) is 0 Å². The van der Waals surface area contributed by atoms with Crippen molar-refractivity contribution < 1.29 is 14.7 Å². The molecular formula is C12H15BrN2O3. The van der Waals surface area contributed by atoms with Crippen molar-refractivity contribution in [3.63, 3.8) is 0 Å². The summed E-state index contributed by atoms with van der Waals surface area (Å²) < 4.78 is 0.863. The smallest absolute Gasteiger partial charge is 0.321 e. The number of amides is 2. The molecule has 98 valence electrons. The number of carbonyl (C=O) groups is 2. The van der Waals surface area contributed by atoms with E-state index >= 15 is 0 Å². The minimum absolute atomic E-state index is 0.162. The van der Waals surface area contributed by atoms with Crippen molar-refractivity contribution in [3.05, 3.63) is 28.7 Å². The first-order chi connectivity index (χ1) is 8.40. The molecule has 0 saturated carbocycles. The molecule has 1 atom stereocenters. The van der Waals surface area contributed by atoms with E-state index in [1.165, 1.54) is 4.90 Å². The van der Waals surface area contributed by atoms with Gasteiger partial charge in [-0.05, 0) is 18.2 Å². The number of hydrogen-bond acceptors (Lipinski definition) is 2. The van der Waals surface area contributed by atoms with Crippen LogP contribution in [0.1, 0.15) is 6.92 Å². The van der Waals surface area contributed by atoms with E-state index in [9.17, 15) is 9.59 Å². The Labute approximate surface area is 114 Å². The molecule has 0 heterocycles. The number of hydrogen-bond donors (Lipinski definition) is 2. The van der Waals surface area contributed by atoms with Crippen LogP contribution in [-0.4, -0.2) is 35.6 Å². The van der Waals surface area contributed by atoms with Gasteiger partial charge in [0.15, 0.2) is 0 Å². The van der Waals surface area contributed by atoms with Gasteiger partial charge in [0.05, 0.1) is 5.92 Å². The molecule has 0 aromatic heterocycles. The molecule has 18 heavy (non-hydrogen) atoms. The summed E-state index contributed by atoms with van der Waals surface area (Å²) in [7, 11) is 1.56. The number of carboxylic acid groups (broad SMARTS) is 1. The summed E-state index contributed by atoms with van der Waals surface area (Å²) in [6, 6.07) is 6.86. The maximum atomic E-state index is 11.8. The molecule has 2 N–H and O–H groups in total. The van der Waals surface area contributed by atoms with Gasteiger partial charge in [-0.25, -0.2) is 4.79 Å². The predicted octanol–water partition coefficient (Wildman–Crippen LogP) is 2.63. The van der Waals surface area contributed by atoms with Crippen molar-refractivity contribution >= 4 is 33.6 Å². The number of benzene rings is 1. The maximum Gasteiger partial charge on any atom is 0.321 e. The van der Waals surface area contributed by atoms with E-state index in [-0.39, 0.29) is 12.6 Å². The third-order valence-corrected chi connectivity index (χ3v) is 2.89. The van der Waals surface area contributed by atoms with Crippen LogP contribution >= 0.6 is 15.9 Å². The lowest BCUT2D eigenvalue weighted by atomic mass is 10.2. The molecule has 0 fully saturated rings. The van der Waals surface area contributed by atoms with E-state index in [4.69, 9.17) is 5.11 Å². The SMILES string of the molecule is CC(CN(C)C(=O)Nc1cccc(Br)c1)C(=O)O. The van der Waals surface area contributed by atoms with Gasteiger partial charge in [-0.2, -0.15) is 0 Å². The van der Waals surface area contributed by atoms with Crippen LogP contribution in [0.25, 0.3) is 0 Å². The minimum Gasteiger partial charge on any atom is -0.481 e. The van der Waals surface area contributed by atoms with Crippen LogP contribution in [0.2, 0.25) is 0 Å². The Morgan fingerprint density at radius 1 is 1.50 bits per heavy atom. The van der Waals surface area contributed by atoms with Gasteiger partial charge in [0, 0.05) is 23.8 Å². The molecule has 6 heteroatoms. The summed E-state index contributed by atoms with van der Waals surface area (Å²) in [4.78, 5) is 23.8. The van der Waals surface area contributed by atoms with Crippen LogP contribution < -0.4 is 5.32 Å². The summed E-state index contributed by atoms with van der Waals surface area (Å²) in [6.45, 7) is 1.72. The number of carbonyl (C=O) groups excluding carboxylic acids is 1. The standard InChI is InChI=1S/C12H15BrN2O3/c1-8(11(16)17)7-15(2)12(18)14-10-5-3-4-9(13)6-10/h3-6,8H,7H2,1-2H3,(H,14,18)(H,16,17). The van der Waals surface area contributed by atoms with E-state index < -0.39 is 11.9 Å². The fourth-order valence-electron chi connectivity index (χ4n) is 1.36. The van der Waals surface area contributed by atoms with Crippen molar-refractivity contribution in [1.82, 2.24) is 4.90 Å². The van der Waals surface area contributed by atoms with Crippen molar-refractivity contribution in [1.29, 1.82) is 0 Å². The quantitative estimate of drug-likeness (QED) is 0.897. The molecule has 0 saturated heterocycles. The molecule has 0 bridgehead atoms. The van der Waals surface area contributed by atoms with Crippen molar-refractivity contribution in [2.24, 2.45) is 5.92 Å². The first-order valence-electron chi connectivity index (χ1n) is 5.40. The summed E-state index contributed by atoms with van der Waals surface area (Å²) in [5.74, 6) is -1.51. The lowest BCUT2D eigenvalue weighted by Crippen LogP contribution is -2.36. The Balaban J connectivity index is 2.57. The number of carboxylic acids is 1. The third-order valence-electron chi connectivity index (χ3n) is 2.39. The molecule has 0 aliphatic heterocycles. The molecule has 5 nitrogen and oxygen atoms in total. The second kappa shape index (κ2) is 6.39. The molecular weight excluding hydrogens is 300 g/mol. The molecule has 1 aromatic carbocycles. The summed E-state index contributed by atoms with van der Waals surface area (Å²) in [5, 5.41) is 11.5. The number of nitrogens with one attached hydrogen (secondary N) is 1. The zero-order chi connectivity index (χ0) is 13.7. The number of aliphatic carboxylic acids is 1.